The molecule has 3 rings (SSSR count). The Bertz CT molecular complexity index is 1090. The van der Waals surface area contributed by atoms with E-state index in [9.17, 15) is 9.59 Å². The average molecular weight is 499 g/mol. The van der Waals surface area contributed by atoms with Crippen molar-refractivity contribution in [3.63, 3.8) is 0 Å². The van der Waals surface area contributed by atoms with Crippen LogP contribution < -0.4 is 9.64 Å². The maximum atomic E-state index is 13.1. The van der Waals surface area contributed by atoms with E-state index in [1.165, 1.54) is 14.0 Å². The molecule has 0 radical (unpaired) electrons. The summed E-state index contributed by atoms with van der Waals surface area (Å²) in [5.74, 6) is -0.138. The minimum Gasteiger partial charge on any atom is -0.487 e. The van der Waals surface area contributed by atoms with Crippen molar-refractivity contribution in [2.45, 2.75) is 52.7 Å². The molecule has 1 amide bonds. The summed E-state index contributed by atoms with van der Waals surface area (Å²) in [6.45, 7) is 9.54. The van der Waals surface area contributed by atoms with Crippen LogP contribution in [0.1, 0.15) is 51.7 Å². The smallest absolute Gasteiger partial charge is 0.414 e. The third kappa shape index (κ3) is 7.53. The third-order valence-corrected chi connectivity index (χ3v) is 5.28. The molecule has 0 unspecified atom stereocenters. The molecule has 0 bridgehead atoms. The summed E-state index contributed by atoms with van der Waals surface area (Å²) >= 11 is 0. The van der Waals surface area contributed by atoms with Gasteiger partial charge in [-0.05, 0) is 44.9 Å². The number of anilines is 1. The SMILES string of the molecule is COOCC(C)=Nc1cc2c(cc1OCc1ccccc1)N(C(=O)OC(C)(C)C)C[C@H]2COC(C)=O. The Morgan fingerprint density at radius 3 is 2.47 bits per heavy atom. The number of rotatable bonds is 9. The van der Waals surface area contributed by atoms with Crippen molar-refractivity contribution in [2.24, 2.45) is 4.99 Å². The second kappa shape index (κ2) is 12.0. The zero-order valence-electron chi connectivity index (χ0n) is 21.7. The summed E-state index contributed by atoms with van der Waals surface area (Å²) in [5.41, 5.74) is 3.01. The number of esters is 1. The fourth-order valence-electron chi connectivity index (χ4n) is 3.72. The number of aliphatic imine (C=N–C) groups is 1. The van der Waals surface area contributed by atoms with Gasteiger partial charge in [-0.3, -0.25) is 14.7 Å². The van der Waals surface area contributed by atoms with Crippen molar-refractivity contribution in [1.82, 2.24) is 0 Å². The van der Waals surface area contributed by atoms with Gasteiger partial charge >= 0.3 is 12.1 Å². The van der Waals surface area contributed by atoms with Crippen molar-refractivity contribution < 1.29 is 33.6 Å². The molecule has 0 aliphatic carbocycles. The molecule has 1 aliphatic heterocycles. The highest BCUT2D eigenvalue weighted by Gasteiger charge is 2.36. The van der Waals surface area contributed by atoms with Crippen molar-refractivity contribution in [3.05, 3.63) is 53.6 Å². The monoisotopic (exact) mass is 498 g/mol. The van der Waals surface area contributed by atoms with Gasteiger partial charge in [0.2, 0.25) is 0 Å². The number of amides is 1. The van der Waals surface area contributed by atoms with Crippen LogP contribution >= 0.6 is 0 Å². The lowest BCUT2D eigenvalue weighted by Crippen LogP contribution is -2.36. The van der Waals surface area contributed by atoms with E-state index in [2.05, 4.69) is 4.99 Å². The molecule has 1 aliphatic rings. The Labute approximate surface area is 211 Å². The van der Waals surface area contributed by atoms with E-state index in [1.54, 1.807) is 11.0 Å². The Balaban J connectivity index is 2.03. The largest absolute Gasteiger partial charge is 0.487 e. The fraction of sp³-hybridized carbons (Fsp3) is 0.444. The van der Waals surface area contributed by atoms with Gasteiger partial charge in [-0.15, -0.1) is 0 Å². The molecular formula is C27H34N2O7. The quantitative estimate of drug-likeness (QED) is 0.199. The molecule has 36 heavy (non-hydrogen) atoms. The molecule has 0 saturated carbocycles. The molecule has 1 heterocycles. The van der Waals surface area contributed by atoms with Crippen LogP contribution in [0.15, 0.2) is 47.5 Å². The molecule has 0 N–H and O–H groups in total. The first-order valence-electron chi connectivity index (χ1n) is 11.8. The zero-order valence-corrected chi connectivity index (χ0v) is 21.7. The van der Waals surface area contributed by atoms with E-state index in [1.807, 2.05) is 64.1 Å². The van der Waals surface area contributed by atoms with Crippen molar-refractivity contribution in [1.29, 1.82) is 0 Å². The number of hydrogen-bond acceptors (Lipinski definition) is 8. The van der Waals surface area contributed by atoms with Crippen LogP contribution in [-0.2, 0) is 30.7 Å². The number of carbonyl (C=O) groups excluding carboxylic acids is 2. The van der Waals surface area contributed by atoms with Gasteiger partial charge in [0.15, 0.2) is 0 Å². The van der Waals surface area contributed by atoms with Crippen LogP contribution in [0.2, 0.25) is 0 Å². The first-order valence-corrected chi connectivity index (χ1v) is 11.8. The Morgan fingerprint density at radius 1 is 1.11 bits per heavy atom. The van der Waals surface area contributed by atoms with Gasteiger partial charge in [0, 0.05) is 31.2 Å². The van der Waals surface area contributed by atoms with Crippen LogP contribution in [0, 0.1) is 0 Å². The number of benzene rings is 2. The molecule has 194 valence electrons. The normalized spacial score (nSPS) is 15.4. The van der Waals surface area contributed by atoms with Crippen LogP contribution in [0.5, 0.6) is 5.75 Å². The molecule has 1 atom stereocenters. The first kappa shape index (κ1) is 27.2. The van der Waals surface area contributed by atoms with Gasteiger partial charge in [0.05, 0.1) is 19.4 Å². The van der Waals surface area contributed by atoms with Crippen molar-refractivity contribution in [3.8, 4) is 5.75 Å². The van der Waals surface area contributed by atoms with E-state index < -0.39 is 11.7 Å². The summed E-state index contributed by atoms with van der Waals surface area (Å²) in [6.07, 6.45) is -0.482. The maximum Gasteiger partial charge on any atom is 0.414 e. The molecule has 2 aromatic carbocycles. The van der Waals surface area contributed by atoms with E-state index in [0.717, 1.165) is 11.1 Å². The third-order valence-electron chi connectivity index (χ3n) is 5.28. The number of nitrogens with zero attached hydrogens (tertiary/aromatic N) is 2. The Hall–Kier alpha value is -3.43. The summed E-state index contributed by atoms with van der Waals surface area (Å²) < 4.78 is 17.1. The van der Waals surface area contributed by atoms with Gasteiger partial charge in [-0.2, -0.15) is 0 Å². The molecule has 9 heteroatoms. The minimum absolute atomic E-state index is 0.126. The fourth-order valence-corrected chi connectivity index (χ4v) is 3.72. The van der Waals surface area contributed by atoms with E-state index >= 15 is 0 Å². The van der Waals surface area contributed by atoms with E-state index in [4.69, 9.17) is 24.0 Å². The average Bonchev–Trinajstić information content (AvgIpc) is 3.17. The maximum absolute atomic E-state index is 13.1. The summed E-state index contributed by atoms with van der Waals surface area (Å²) in [5, 5.41) is 0. The van der Waals surface area contributed by atoms with Crippen molar-refractivity contribution >= 4 is 29.1 Å². The highest BCUT2D eigenvalue weighted by molar-refractivity contribution is 5.93. The lowest BCUT2D eigenvalue weighted by atomic mass is 10.0. The molecular weight excluding hydrogens is 464 g/mol. The summed E-state index contributed by atoms with van der Waals surface area (Å²) in [7, 11) is 1.43. The van der Waals surface area contributed by atoms with Gasteiger partial charge in [-0.25, -0.2) is 14.6 Å². The lowest BCUT2D eigenvalue weighted by molar-refractivity contribution is -0.259. The summed E-state index contributed by atoms with van der Waals surface area (Å²) in [4.78, 5) is 40.5. The predicted octanol–water partition coefficient (Wildman–Crippen LogP) is 5.34. The van der Waals surface area contributed by atoms with Crippen molar-refractivity contribution in [2.75, 3.05) is 31.8 Å². The highest BCUT2D eigenvalue weighted by Crippen LogP contribution is 2.44. The second-order valence-corrected chi connectivity index (χ2v) is 9.52. The zero-order chi connectivity index (χ0) is 26.3. The molecule has 9 nitrogen and oxygen atoms in total. The number of carbonyl (C=O) groups is 2. The van der Waals surface area contributed by atoms with Crippen LogP contribution in [-0.4, -0.2) is 50.2 Å². The van der Waals surface area contributed by atoms with Gasteiger partial charge in [0.1, 0.15) is 30.3 Å². The highest BCUT2D eigenvalue weighted by atomic mass is 17.2. The Morgan fingerprint density at radius 2 is 1.83 bits per heavy atom. The van der Waals surface area contributed by atoms with Crippen LogP contribution in [0.4, 0.5) is 16.2 Å². The number of hydrogen-bond donors (Lipinski definition) is 0. The predicted molar refractivity (Wildman–Crippen MR) is 136 cm³/mol. The number of fused-ring (bicyclic) bond motifs is 1. The second-order valence-electron chi connectivity index (χ2n) is 9.52. The van der Waals surface area contributed by atoms with Crippen LogP contribution in [0.25, 0.3) is 0 Å². The van der Waals surface area contributed by atoms with Gasteiger partial charge in [0.25, 0.3) is 0 Å². The topological polar surface area (TPSA) is 95.9 Å². The van der Waals surface area contributed by atoms with E-state index in [-0.39, 0.29) is 25.1 Å². The Kier molecular flexibility index (Phi) is 9.06. The molecule has 0 saturated heterocycles. The molecule has 0 fully saturated rings. The molecule has 2 aromatic rings. The molecule has 0 aromatic heterocycles. The van der Waals surface area contributed by atoms with E-state index in [0.29, 0.717) is 36.0 Å². The molecule has 0 spiro atoms. The summed E-state index contributed by atoms with van der Waals surface area (Å²) in [6, 6.07) is 13.4. The minimum atomic E-state index is -0.666. The number of ether oxygens (including phenoxy) is 3. The standard InChI is InChI=1S/C27H34N2O7/c1-18(15-35-32-6)28-23-12-22-21(17-33-19(2)30)14-29(26(31)36-27(3,4)5)24(22)13-25(23)34-16-20-10-8-7-9-11-20/h7-13,21H,14-17H2,1-6H3/t21-/m0/s1. The van der Waals surface area contributed by atoms with Crippen LogP contribution in [0.3, 0.4) is 0 Å². The lowest BCUT2D eigenvalue weighted by Gasteiger charge is -2.25. The van der Waals surface area contributed by atoms with Gasteiger partial charge < -0.3 is 14.2 Å². The first-order chi connectivity index (χ1) is 17.1. The van der Waals surface area contributed by atoms with Gasteiger partial charge in [-0.1, -0.05) is 30.3 Å².